The maximum absolute atomic E-state index is 13.1. The molecule has 8 nitrogen and oxygen atoms in total. The number of benzene rings is 1. The van der Waals surface area contributed by atoms with Crippen molar-refractivity contribution in [1.82, 2.24) is 14.3 Å². The molecule has 0 aliphatic carbocycles. The third kappa shape index (κ3) is 4.97. The summed E-state index contributed by atoms with van der Waals surface area (Å²) in [4.78, 5) is 15.3. The molecule has 0 bridgehead atoms. The van der Waals surface area contributed by atoms with Crippen LogP contribution < -0.4 is 4.72 Å². The molecule has 0 aliphatic heterocycles. The summed E-state index contributed by atoms with van der Waals surface area (Å²) in [7, 11) is -3.94. The van der Waals surface area contributed by atoms with E-state index in [2.05, 4.69) is 9.71 Å². The highest BCUT2D eigenvalue weighted by Crippen LogP contribution is 2.21. The van der Waals surface area contributed by atoms with Crippen LogP contribution in [0.1, 0.15) is 12.0 Å². The molecular weight excluding hydrogens is 401 g/mol. The highest BCUT2D eigenvalue weighted by molar-refractivity contribution is 7.89. The maximum Gasteiger partial charge on any atom is 0.307 e. The van der Waals surface area contributed by atoms with Gasteiger partial charge in [0.05, 0.1) is 11.3 Å². The van der Waals surface area contributed by atoms with Crippen molar-refractivity contribution >= 4 is 27.0 Å². The van der Waals surface area contributed by atoms with Crippen molar-refractivity contribution in [1.29, 1.82) is 0 Å². The van der Waals surface area contributed by atoms with Crippen LogP contribution in [0.15, 0.2) is 53.7 Å². The molecule has 1 atom stereocenters. The Bertz CT molecular complexity index is 1110. The van der Waals surface area contributed by atoms with Gasteiger partial charge < -0.3 is 14.8 Å². The van der Waals surface area contributed by atoms with E-state index in [0.29, 0.717) is 16.6 Å². The second-order valence-electron chi connectivity index (χ2n) is 6.54. The Morgan fingerprint density at radius 2 is 1.97 bits per heavy atom. The molecule has 2 heterocycles. The monoisotopic (exact) mass is 421 g/mol. The topological polar surface area (TPSA) is 122 Å². The highest BCUT2D eigenvalue weighted by atomic mass is 32.2. The number of carboxylic acid groups (broad SMARTS) is 1. The zero-order valence-corrected chi connectivity index (χ0v) is 16.1. The predicted octanol–water partition coefficient (Wildman–Crippen LogP) is 1.53. The molecule has 0 saturated carbocycles. The number of carboxylic acids is 1. The van der Waals surface area contributed by atoms with Gasteiger partial charge in [0.25, 0.3) is 0 Å². The van der Waals surface area contributed by atoms with Crippen LogP contribution in [0.25, 0.3) is 11.0 Å². The van der Waals surface area contributed by atoms with Crippen LogP contribution in [-0.4, -0.2) is 46.8 Å². The maximum atomic E-state index is 13.1. The molecule has 3 N–H and O–H groups in total. The molecule has 0 fully saturated rings. The van der Waals surface area contributed by atoms with Crippen LogP contribution in [0.2, 0.25) is 0 Å². The molecule has 2 aromatic heterocycles. The minimum atomic E-state index is -3.94. The van der Waals surface area contributed by atoms with Gasteiger partial charge in [0, 0.05) is 37.0 Å². The number of hydrogen-bond donors (Lipinski definition) is 3. The van der Waals surface area contributed by atoms with Gasteiger partial charge in [-0.15, -0.1) is 0 Å². The van der Waals surface area contributed by atoms with Gasteiger partial charge in [-0.1, -0.05) is 0 Å². The summed E-state index contributed by atoms with van der Waals surface area (Å²) >= 11 is 0. The number of halogens is 1. The molecule has 0 spiro atoms. The Kier molecular flexibility index (Phi) is 6.26. The lowest BCUT2D eigenvalue weighted by atomic mass is 10.2. The number of nitrogens with zero attached hydrogens (tertiary/aromatic N) is 2. The Morgan fingerprint density at radius 3 is 2.62 bits per heavy atom. The van der Waals surface area contributed by atoms with Gasteiger partial charge in [0.15, 0.2) is 0 Å². The van der Waals surface area contributed by atoms with E-state index < -0.39 is 27.9 Å². The largest absolute Gasteiger partial charge is 0.481 e. The first kappa shape index (κ1) is 20.9. The number of sulfonamides is 1. The molecular formula is C19H20FN3O5S. The van der Waals surface area contributed by atoms with Crippen LogP contribution in [0.4, 0.5) is 4.39 Å². The number of fused-ring (bicyclic) bond motifs is 1. The van der Waals surface area contributed by atoms with Crippen molar-refractivity contribution in [2.75, 3.05) is 6.61 Å². The van der Waals surface area contributed by atoms with Crippen molar-refractivity contribution in [3.05, 3.63) is 60.2 Å². The van der Waals surface area contributed by atoms with E-state index in [4.69, 9.17) is 5.11 Å². The minimum Gasteiger partial charge on any atom is -0.481 e. The predicted molar refractivity (Wildman–Crippen MR) is 103 cm³/mol. The van der Waals surface area contributed by atoms with E-state index in [9.17, 15) is 22.7 Å². The van der Waals surface area contributed by atoms with Crippen molar-refractivity contribution in [2.24, 2.45) is 0 Å². The van der Waals surface area contributed by atoms with Gasteiger partial charge in [-0.05, 0) is 48.4 Å². The second-order valence-corrected chi connectivity index (χ2v) is 8.25. The zero-order valence-electron chi connectivity index (χ0n) is 15.3. The summed E-state index contributed by atoms with van der Waals surface area (Å²) in [6.45, 7) is -0.126. The first-order valence-electron chi connectivity index (χ1n) is 8.83. The molecule has 3 aromatic rings. The Balaban J connectivity index is 1.89. The van der Waals surface area contributed by atoms with Crippen molar-refractivity contribution in [3.63, 3.8) is 0 Å². The molecule has 0 radical (unpaired) electrons. The first-order valence-corrected chi connectivity index (χ1v) is 10.3. The Morgan fingerprint density at radius 1 is 1.24 bits per heavy atom. The zero-order chi connectivity index (χ0) is 21.0. The number of pyridine rings is 1. The summed E-state index contributed by atoms with van der Waals surface area (Å²) < 4.78 is 42.5. The fourth-order valence-electron chi connectivity index (χ4n) is 3.12. The molecule has 29 heavy (non-hydrogen) atoms. The molecule has 0 amide bonds. The fourth-order valence-corrected chi connectivity index (χ4v) is 4.38. The molecule has 154 valence electrons. The number of nitrogens with one attached hydrogen (secondary N) is 1. The number of rotatable bonds is 9. The first-order chi connectivity index (χ1) is 13.8. The van der Waals surface area contributed by atoms with Gasteiger partial charge in [-0.25, -0.2) is 22.5 Å². The summed E-state index contributed by atoms with van der Waals surface area (Å²) in [5.41, 5.74) is 1.08. The Labute approximate surface area is 166 Å². The van der Waals surface area contributed by atoms with E-state index in [1.807, 2.05) is 0 Å². The normalized spacial score (nSPS) is 12.9. The van der Waals surface area contributed by atoms with E-state index in [0.717, 1.165) is 24.3 Å². The summed E-state index contributed by atoms with van der Waals surface area (Å²) in [5, 5.41) is 19.2. The average Bonchev–Trinajstić information content (AvgIpc) is 2.99. The van der Waals surface area contributed by atoms with Crippen molar-refractivity contribution < 1.29 is 27.8 Å². The van der Waals surface area contributed by atoms with E-state index in [-0.39, 0.29) is 30.9 Å². The third-order valence-corrected chi connectivity index (χ3v) is 5.93. The number of aliphatic carboxylic acids is 1. The van der Waals surface area contributed by atoms with Gasteiger partial charge >= 0.3 is 5.97 Å². The van der Waals surface area contributed by atoms with E-state index in [1.54, 1.807) is 29.1 Å². The number of carbonyl (C=O) groups is 1. The van der Waals surface area contributed by atoms with Gasteiger partial charge in [-0.2, -0.15) is 0 Å². The lowest BCUT2D eigenvalue weighted by Crippen LogP contribution is -2.38. The number of aromatic nitrogens is 2. The summed E-state index contributed by atoms with van der Waals surface area (Å²) in [6.07, 6.45) is 3.12. The lowest BCUT2D eigenvalue weighted by Gasteiger charge is -2.19. The highest BCUT2D eigenvalue weighted by Gasteiger charge is 2.22. The van der Waals surface area contributed by atoms with Crippen molar-refractivity contribution in [3.8, 4) is 0 Å². The SMILES string of the molecule is O=C(O)Cc1cn(C[C@@H](CCO)NS(=O)(=O)c2ccc(F)cc2)c2ncccc12. The number of hydrogen-bond acceptors (Lipinski definition) is 5. The van der Waals surface area contributed by atoms with Gasteiger partial charge in [0.1, 0.15) is 11.5 Å². The quantitative estimate of drug-likeness (QED) is 0.482. The van der Waals surface area contributed by atoms with Crippen LogP contribution >= 0.6 is 0 Å². The molecule has 0 aliphatic rings. The molecule has 10 heteroatoms. The average molecular weight is 421 g/mol. The van der Waals surface area contributed by atoms with Crippen molar-refractivity contribution in [2.45, 2.75) is 30.3 Å². The number of aliphatic hydroxyl groups is 1. The van der Waals surface area contributed by atoms with Crippen LogP contribution in [-0.2, 0) is 27.8 Å². The molecule has 0 unspecified atom stereocenters. The Hall–Kier alpha value is -2.82. The third-order valence-electron chi connectivity index (χ3n) is 4.40. The van der Waals surface area contributed by atoms with Gasteiger partial charge in [-0.3, -0.25) is 4.79 Å². The van der Waals surface area contributed by atoms with E-state index in [1.165, 1.54) is 0 Å². The fraction of sp³-hybridized carbons (Fsp3) is 0.263. The van der Waals surface area contributed by atoms with Crippen LogP contribution in [0, 0.1) is 5.82 Å². The van der Waals surface area contributed by atoms with E-state index >= 15 is 0 Å². The number of aliphatic hydroxyl groups excluding tert-OH is 1. The lowest BCUT2D eigenvalue weighted by molar-refractivity contribution is -0.136. The van der Waals surface area contributed by atoms with Gasteiger partial charge in [0.2, 0.25) is 10.0 Å². The van der Waals surface area contributed by atoms with Crippen LogP contribution in [0.3, 0.4) is 0 Å². The summed E-state index contributed by atoms with van der Waals surface area (Å²) in [6, 6.07) is 7.18. The molecule has 3 rings (SSSR count). The molecule has 1 aromatic carbocycles. The smallest absolute Gasteiger partial charge is 0.307 e. The second kappa shape index (κ2) is 8.68. The van der Waals surface area contributed by atoms with Crippen LogP contribution in [0.5, 0.6) is 0 Å². The standard InChI is InChI=1S/C19H20FN3O5S/c20-14-3-5-16(6-4-14)29(27,28)22-15(7-9-24)12-23-11-13(10-18(25)26)17-2-1-8-21-19(17)23/h1-6,8,11,15,22,24H,7,9-10,12H2,(H,25,26)/t15-/m1/s1. The molecule has 0 saturated heterocycles. The summed E-state index contributed by atoms with van der Waals surface area (Å²) in [5.74, 6) is -1.54. The minimum absolute atomic E-state index is 0.0936.